The highest BCUT2D eigenvalue weighted by Crippen LogP contribution is 2.44. The molecule has 0 bridgehead atoms. The van der Waals surface area contributed by atoms with Gasteiger partial charge in [-0.05, 0) is 43.5 Å². The Balaban J connectivity index is 0.00000552. The number of hydrogen-bond acceptors (Lipinski definition) is 3. The van der Waals surface area contributed by atoms with Gasteiger partial charge in [0.25, 0.3) is 6.23 Å². The highest BCUT2D eigenvalue weighted by atomic mass is 127. The van der Waals surface area contributed by atoms with E-state index in [-0.39, 0.29) is 30.2 Å². The fourth-order valence-electron chi connectivity index (χ4n) is 7.05. The normalized spacial score (nSPS) is 19.2. The molecule has 0 fully saturated rings. The zero-order valence-corrected chi connectivity index (χ0v) is 30.6. The van der Waals surface area contributed by atoms with Crippen LogP contribution in [-0.2, 0) is 0 Å². The minimum atomic E-state index is -0.0150. The summed E-state index contributed by atoms with van der Waals surface area (Å²) in [6, 6.07) is 16.7. The zero-order chi connectivity index (χ0) is 30.7. The third kappa shape index (κ3) is 12.0. The van der Waals surface area contributed by atoms with Gasteiger partial charge in [-0.15, -0.1) is 0 Å². The van der Waals surface area contributed by atoms with Crippen molar-refractivity contribution < 1.29 is 33.5 Å². The molecule has 2 atom stereocenters. The standard InChI is InChI=1S/C40H61N2O2.HI/c1-3-5-6-7-8-9-10-11-12-13-14-15-16-17-18-19-20-25-34-42(33-4-2)36-28-22-24-30-38(36)44-40(42)32-26-31-39-41-35-27-21-23-29-37(35)43-39;/h21-24,26-32,40-41H,3-20,25,33-34H2,1-2H3;1H/q+1;/p-1. The number of rotatable bonds is 23. The van der Waals surface area contributed by atoms with E-state index in [9.17, 15) is 0 Å². The molecule has 0 aromatic heterocycles. The molecule has 0 saturated heterocycles. The van der Waals surface area contributed by atoms with E-state index in [1.165, 1.54) is 121 Å². The van der Waals surface area contributed by atoms with Crippen LogP contribution in [0.4, 0.5) is 11.4 Å². The van der Waals surface area contributed by atoms with E-state index in [1.54, 1.807) is 0 Å². The van der Waals surface area contributed by atoms with Crippen LogP contribution in [0.15, 0.2) is 72.6 Å². The van der Waals surface area contributed by atoms with Crippen LogP contribution in [0.2, 0.25) is 0 Å². The lowest BCUT2D eigenvalue weighted by Gasteiger charge is -2.36. The molecule has 0 amide bonds. The number of unbranched alkanes of at least 4 members (excludes halogenated alkanes) is 17. The van der Waals surface area contributed by atoms with Gasteiger partial charge in [0.05, 0.1) is 18.8 Å². The van der Waals surface area contributed by atoms with Gasteiger partial charge in [-0.2, -0.15) is 0 Å². The fourth-order valence-corrected chi connectivity index (χ4v) is 7.05. The van der Waals surface area contributed by atoms with E-state index in [0.717, 1.165) is 47.1 Å². The molecule has 5 heteroatoms. The topological polar surface area (TPSA) is 30.5 Å². The number of ether oxygens (including phenoxy) is 2. The van der Waals surface area contributed by atoms with Crippen LogP contribution in [0.1, 0.15) is 136 Å². The molecule has 0 aliphatic carbocycles. The summed E-state index contributed by atoms with van der Waals surface area (Å²) in [6.07, 6.45) is 32.8. The predicted molar refractivity (Wildman–Crippen MR) is 189 cm³/mol. The lowest BCUT2D eigenvalue weighted by Crippen LogP contribution is -3.00. The molecule has 0 spiro atoms. The minimum Gasteiger partial charge on any atom is -1.00 e. The first-order chi connectivity index (χ1) is 21.8. The summed E-state index contributed by atoms with van der Waals surface area (Å²) >= 11 is 0. The first-order valence-electron chi connectivity index (χ1n) is 18.3. The summed E-state index contributed by atoms with van der Waals surface area (Å²) in [7, 11) is 0. The van der Waals surface area contributed by atoms with Crippen LogP contribution < -0.4 is 43.3 Å². The summed E-state index contributed by atoms with van der Waals surface area (Å²) in [4.78, 5) is 0. The third-order valence-electron chi connectivity index (χ3n) is 9.50. The van der Waals surface area contributed by atoms with Crippen molar-refractivity contribution >= 4 is 11.4 Å². The molecular formula is C40H61IN2O2. The van der Waals surface area contributed by atoms with Gasteiger partial charge in [0, 0.05) is 12.1 Å². The molecule has 0 radical (unpaired) electrons. The van der Waals surface area contributed by atoms with E-state index in [0.29, 0.717) is 0 Å². The zero-order valence-electron chi connectivity index (χ0n) is 28.4. The van der Waals surface area contributed by atoms with E-state index in [4.69, 9.17) is 9.47 Å². The summed E-state index contributed by atoms with van der Waals surface area (Å²) in [5, 5.41) is 3.35. The van der Waals surface area contributed by atoms with Crippen LogP contribution in [0.5, 0.6) is 11.5 Å². The Bertz CT molecular complexity index is 1120. The number of allylic oxidation sites excluding steroid dienone is 2. The number of nitrogens with one attached hydrogen (secondary N) is 1. The van der Waals surface area contributed by atoms with Gasteiger partial charge >= 0.3 is 0 Å². The largest absolute Gasteiger partial charge is 1.00 e. The van der Waals surface area contributed by atoms with Crippen LogP contribution in [0.3, 0.4) is 0 Å². The van der Waals surface area contributed by atoms with E-state index < -0.39 is 0 Å². The van der Waals surface area contributed by atoms with Gasteiger partial charge in [-0.1, -0.05) is 147 Å². The molecule has 2 heterocycles. The number of anilines is 1. The Morgan fingerprint density at radius 1 is 0.622 bits per heavy atom. The molecule has 0 saturated carbocycles. The second kappa shape index (κ2) is 21.7. The average molecular weight is 729 g/mol. The van der Waals surface area contributed by atoms with E-state index >= 15 is 0 Å². The van der Waals surface area contributed by atoms with Gasteiger partial charge in [0.1, 0.15) is 0 Å². The quantitative estimate of drug-likeness (QED) is 0.0704. The summed E-state index contributed by atoms with van der Waals surface area (Å²) in [5.41, 5.74) is 2.35. The van der Waals surface area contributed by atoms with E-state index in [2.05, 4.69) is 55.6 Å². The maximum Gasteiger partial charge on any atom is 0.258 e. The highest BCUT2D eigenvalue weighted by molar-refractivity contribution is 5.64. The molecule has 2 aromatic rings. The average Bonchev–Trinajstić information content (AvgIpc) is 3.59. The number of para-hydroxylation sites is 4. The molecule has 2 unspecified atom stereocenters. The summed E-state index contributed by atoms with van der Waals surface area (Å²) < 4.78 is 13.4. The summed E-state index contributed by atoms with van der Waals surface area (Å²) in [5.74, 6) is 2.67. The molecular weight excluding hydrogens is 667 g/mol. The first kappa shape index (κ1) is 37.5. The Labute approximate surface area is 292 Å². The van der Waals surface area contributed by atoms with Gasteiger partial charge in [0.2, 0.25) is 0 Å². The second-order valence-electron chi connectivity index (χ2n) is 13.1. The molecule has 250 valence electrons. The van der Waals surface area contributed by atoms with Crippen molar-refractivity contribution in [1.82, 2.24) is 4.48 Å². The number of benzene rings is 2. The molecule has 2 aromatic carbocycles. The van der Waals surface area contributed by atoms with Gasteiger partial charge in [-0.25, -0.2) is 4.48 Å². The lowest BCUT2D eigenvalue weighted by atomic mass is 10.0. The molecule has 4 nitrogen and oxygen atoms in total. The monoisotopic (exact) mass is 728 g/mol. The predicted octanol–water partition coefficient (Wildman–Crippen LogP) is 9.07. The maximum absolute atomic E-state index is 6.58. The fraction of sp³-hybridized carbons (Fsp3) is 0.600. The number of halogens is 1. The van der Waals surface area contributed by atoms with Crippen molar-refractivity contribution in [3.05, 3.63) is 72.6 Å². The molecule has 1 N–H and O–H groups in total. The van der Waals surface area contributed by atoms with Crippen molar-refractivity contribution in [1.29, 1.82) is 0 Å². The van der Waals surface area contributed by atoms with Crippen molar-refractivity contribution in [3.8, 4) is 11.5 Å². The van der Waals surface area contributed by atoms with Crippen LogP contribution in [-0.4, -0.2) is 19.3 Å². The van der Waals surface area contributed by atoms with Crippen LogP contribution >= 0.6 is 0 Å². The maximum atomic E-state index is 6.58. The van der Waals surface area contributed by atoms with E-state index in [1.807, 2.05) is 30.3 Å². The van der Waals surface area contributed by atoms with Crippen LogP contribution in [0, 0.1) is 0 Å². The number of nitrogens with zero attached hydrogens (tertiary/aromatic N) is 1. The van der Waals surface area contributed by atoms with Crippen molar-refractivity contribution in [2.24, 2.45) is 0 Å². The first-order valence-corrected chi connectivity index (χ1v) is 18.3. The molecule has 2 aliphatic rings. The number of quaternary nitrogens is 1. The van der Waals surface area contributed by atoms with Gasteiger partial charge in [0.15, 0.2) is 23.1 Å². The Morgan fingerprint density at radius 3 is 1.73 bits per heavy atom. The van der Waals surface area contributed by atoms with Crippen molar-refractivity contribution in [2.45, 2.75) is 142 Å². The Hall–Kier alpha value is -1.99. The SMILES string of the molecule is CCCCCCCCCCCCCCCCCCCC[N+]1(CCC)c2ccccc2OC1C=CC=C1Nc2ccccc2O1.[I-]. The van der Waals surface area contributed by atoms with Crippen LogP contribution in [0.25, 0.3) is 0 Å². The highest BCUT2D eigenvalue weighted by Gasteiger charge is 2.46. The Kier molecular flexibility index (Phi) is 18.1. The third-order valence-corrected chi connectivity index (χ3v) is 9.50. The number of fused-ring (bicyclic) bond motifs is 2. The van der Waals surface area contributed by atoms with Gasteiger partial charge in [-0.3, -0.25) is 0 Å². The summed E-state index contributed by atoms with van der Waals surface area (Å²) in [6.45, 7) is 6.80. The Morgan fingerprint density at radius 2 is 1.16 bits per heavy atom. The van der Waals surface area contributed by atoms with Crippen molar-refractivity contribution in [3.63, 3.8) is 0 Å². The smallest absolute Gasteiger partial charge is 0.258 e. The minimum absolute atomic E-state index is 0. The lowest BCUT2D eigenvalue weighted by molar-refractivity contribution is -0.0000103. The van der Waals surface area contributed by atoms with Crippen molar-refractivity contribution in [2.75, 3.05) is 18.4 Å². The molecule has 45 heavy (non-hydrogen) atoms. The second-order valence-corrected chi connectivity index (χ2v) is 13.1. The molecule has 2 aliphatic heterocycles. The van der Waals surface area contributed by atoms with Gasteiger partial charge < -0.3 is 38.8 Å². The number of hydrogen-bond donors (Lipinski definition) is 1. The molecule has 4 rings (SSSR count).